The normalized spacial score (nSPS) is 10.5. The van der Waals surface area contributed by atoms with Crippen molar-refractivity contribution in [1.29, 1.82) is 0 Å². The summed E-state index contributed by atoms with van der Waals surface area (Å²) in [5, 5.41) is 6.18. The van der Waals surface area contributed by atoms with Gasteiger partial charge in [0.05, 0.1) is 0 Å². The number of carbonyl (C=O) groups is 1. The van der Waals surface area contributed by atoms with Crippen molar-refractivity contribution >= 4 is 17.4 Å². The van der Waals surface area contributed by atoms with Crippen LogP contribution in [0.4, 0.5) is 11.5 Å². The van der Waals surface area contributed by atoms with E-state index in [0.717, 1.165) is 29.8 Å². The topological polar surface area (TPSA) is 66.9 Å². The van der Waals surface area contributed by atoms with Crippen molar-refractivity contribution < 1.29 is 4.79 Å². The second kappa shape index (κ2) is 8.43. The Bertz CT molecular complexity index is 692. The van der Waals surface area contributed by atoms with Crippen LogP contribution in [-0.2, 0) is 0 Å². The number of unbranched alkanes of at least 4 members (excludes halogenated alkanes) is 2. The fourth-order valence-electron chi connectivity index (χ4n) is 2.61. The van der Waals surface area contributed by atoms with Gasteiger partial charge in [-0.25, -0.2) is 9.97 Å². The molecule has 2 N–H and O–H groups in total. The van der Waals surface area contributed by atoms with Crippen LogP contribution in [0.1, 0.15) is 53.6 Å². The minimum atomic E-state index is -0.220. The Hall–Kier alpha value is -2.43. The predicted molar refractivity (Wildman–Crippen MR) is 98.7 cm³/mol. The van der Waals surface area contributed by atoms with E-state index in [0.29, 0.717) is 17.3 Å². The van der Waals surface area contributed by atoms with E-state index in [1.165, 1.54) is 12.8 Å². The minimum Gasteiger partial charge on any atom is -0.370 e. The van der Waals surface area contributed by atoms with Crippen molar-refractivity contribution in [3.8, 4) is 0 Å². The number of benzene rings is 1. The number of nitrogens with zero attached hydrogens (tertiary/aromatic N) is 2. The van der Waals surface area contributed by atoms with Crippen LogP contribution in [0.3, 0.4) is 0 Å². The summed E-state index contributed by atoms with van der Waals surface area (Å²) >= 11 is 0. The zero-order valence-corrected chi connectivity index (χ0v) is 14.9. The number of nitrogens with one attached hydrogen (secondary N) is 2. The Morgan fingerprint density at radius 3 is 2.38 bits per heavy atom. The van der Waals surface area contributed by atoms with Gasteiger partial charge < -0.3 is 10.6 Å². The number of hydrogen-bond donors (Lipinski definition) is 2. The van der Waals surface area contributed by atoms with E-state index in [-0.39, 0.29) is 5.91 Å². The van der Waals surface area contributed by atoms with Crippen molar-refractivity contribution in [3.05, 3.63) is 46.9 Å². The molecular formula is C19H26N4O. The van der Waals surface area contributed by atoms with Gasteiger partial charge in [-0.05, 0) is 50.5 Å². The van der Waals surface area contributed by atoms with Crippen molar-refractivity contribution in [1.82, 2.24) is 9.97 Å². The zero-order valence-electron chi connectivity index (χ0n) is 14.9. The highest BCUT2D eigenvalue weighted by molar-refractivity contribution is 6.03. The van der Waals surface area contributed by atoms with E-state index in [1.807, 2.05) is 26.0 Å². The second-order valence-corrected chi connectivity index (χ2v) is 6.15. The van der Waals surface area contributed by atoms with Crippen LogP contribution < -0.4 is 10.6 Å². The molecule has 0 spiro atoms. The van der Waals surface area contributed by atoms with Gasteiger partial charge in [0, 0.05) is 18.3 Å². The van der Waals surface area contributed by atoms with Gasteiger partial charge in [-0.15, -0.1) is 0 Å². The molecule has 0 saturated carbocycles. The van der Waals surface area contributed by atoms with Gasteiger partial charge in [0.1, 0.15) is 17.3 Å². The molecule has 128 valence electrons. The lowest BCUT2D eigenvalue weighted by Gasteiger charge is -2.10. The smallest absolute Gasteiger partial charge is 0.274 e. The summed E-state index contributed by atoms with van der Waals surface area (Å²) in [6.45, 7) is 8.84. The van der Waals surface area contributed by atoms with Gasteiger partial charge in [-0.3, -0.25) is 4.79 Å². The third-order valence-corrected chi connectivity index (χ3v) is 3.64. The molecule has 5 nitrogen and oxygen atoms in total. The highest BCUT2D eigenvalue weighted by atomic mass is 16.1. The van der Waals surface area contributed by atoms with Crippen molar-refractivity contribution in [2.75, 3.05) is 17.2 Å². The largest absolute Gasteiger partial charge is 0.370 e. The molecule has 24 heavy (non-hydrogen) atoms. The lowest BCUT2D eigenvalue weighted by Crippen LogP contribution is -2.16. The van der Waals surface area contributed by atoms with Crippen LogP contribution in [0.5, 0.6) is 0 Å². The fourth-order valence-corrected chi connectivity index (χ4v) is 2.61. The van der Waals surface area contributed by atoms with Crippen LogP contribution in [0.25, 0.3) is 0 Å². The maximum atomic E-state index is 12.5. The molecule has 0 aliphatic carbocycles. The average Bonchev–Trinajstić information content (AvgIpc) is 2.50. The molecule has 0 unspecified atom stereocenters. The highest BCUT2D eigenvalue weighted by Crippen LogP contribution is 2.15. The molecule has 2 rings (SSSR count). The van der Waals surface area contributed by atoms with Crippen LogP contribution in [0.15, 0.2) is 24.3 Å². The molecule has 2 aromatic rings. The van der Waals surface area contributed by atoms with Crippen LogP contribution >= 0.6 is 0 Å². The quantitative estimate of drug-likeness (QED) is 0.746. The molecule has 0 fully saturated rings. The van der Waals surface area contributed by atoms with Crippen LogP contribution in [-0.4, -0.2) is 22.4 Å². The Morgan fingerprint density at radius 1 is 1.00 bits per heavy atom. The van der Waals surface area contributed by atoms with E-state index in [9.17, 15) is 4.79 Å². The molecular weight excluding hydrogens is 300 g/mol. The maximum absolute atomic E-state index is 12.5. The predicted octanol–water partition coefficient (Wildman–Crippen LogP) is 4.26. The molecule has 0 atom stereocenters. The molecule has 5 heteroatoms. The number of carbonyl (C=O) groups excluding carboxylic acids is 1. The Labute approximate surface area is 143 Å². The third kappa shape index (κ3) is 5.33. The van der Waals surface area contributed by atoms with Gasteiger partial charge in [0.15, 0.2) is 0 Å². The first-order valence-electron chi connectivity index (χ1n) is 8.47. The average molecular weight is 326 g/mol. The lowest BCUT2D eigenvalue weighted by molar-refractivity contribution is 0.102. The molecule has 1 amide bonds. The first kappa shape index (κ1) is 17.9. The first-order valence-corrected chi connectivity index (χ1v) is 8.47. The van der Waals surface area contributed by atoms with Gasteiger partial charge in [0.2, 0.25) is 0 Å². The Morgan fingerprint density at radius 2 is 1.71 bits per heavy atom. The van der Waals surface area contributed by atoms with Gasteiger partial charge in [-0.2, -0.15) is 0 Å². The maximum Gasteiger partial charge on any atom is 0.274 e. The Balaban J connectivity index is 2.09. The van der Waals surface area contributed by atoms with Crippen molar-refractivity contribution in [2.24, 2.45) is 0 Å². The molecule has 1 heterocycles. The molecule has 0 saturated heterocycles. The number of rotatable bonds is 7. The van der Waals surface area contributed by atoms with Crippen LogP contribution in [0, 0.1) is 20.8 Å². The summed E-state index contributed by atoms with van der Waals surface area (Å²) in [7, 11) is 0. The molecule has 0 aliphatic heterocycles. The third-order valence-electron chi connectivity index (χ3n) is 3.64. The van der Waals surface area contributed by atoms with E-state index < -0.39 is 0 Å². The highest BCUT2D eigenvalue weighted by Gasteiger charge is 2.11. The summed E-state index contributed by atoms with van der Waals surface area (Å²) in [6, 6.07) is 7.67. The van der Waals surface area contributed by atoms with E-state index in [2.05, 4.69) is 33.6 Å². The lowest BCUT2D eigenvalue weighted by atomic mass is 10.1. The summed E-state index contributed by atoms with van der Waals surface area (Å²) in [5.41, 5.74) is 3.38. The fraction of sp³-hybridized carbons (Fsp3) is 0.421. The second-order valence-electron chi connectivity index (χ2n) is 6.15. The first-order chi connectivity index (χ1) is 11.5. The number of hydrogen-bond acceptors (Lipinski definition) is 4. The number of aryl methyl sites for hydroxylation is 3. The van der Waals surface area contributed by atoms with Crippen molar-refractivity contribution in [2.45, 2.75) is 47.0 Å². The Kier molecular flexibility index (Phi) is 6.29. The minimum absolute atomic E-state index is 0.220. The molecule has 1 aromatic carbocycles. The van der Waals surface area contributed by atoms with E-state index in [1.54, 1.807) is 13.0 Å². The van der Waals surface area contributed by atoms with Gasteiger partial charge in [0.25, 0.3) is 5.91 Å². The summed E-state index contributed by atoms with van der Waals surface area (Å²) in [4.78, 5) is 21.1. The molecule has 0 bridgehead atoms. The van der Waals surface area contributed by atoms with Gasteiger partial charge >= 0.3 is 0 Å². The summed E-state index contributed by atoms with van der Waals surface area (Å²) in [5.74, 6) is 1.06. The number of aromatic nitrogens is 2. The van der Waals surface area contributed by atoms with Crippen molar-refractivity contribution in [3.63, 3.8) is 0 Å². The SMILES string of the molecule is CCCCCNc1cc(C(=O)Nc2cc(C)cc(C)c2)nc(C)n1. The zero-order chi connectivity index (χ0) is 17.5. The molecule has 0 aliphatic rings. The van der Waals surface area contributed by atoms with E-state index >= 15 is 0 Å². The number of amides is 1. The molecule has 0 radical (unpaired) electrons. The van der Waals surface area contributed by atoms with Crippen LogP contribution in [0.2, 0.25) is 0 Å². The van der Waals surface area contributed by atoms with E-state index in [4.69, 9.17) is 0 Å². The monoisotopic (exact) mass is 326 g/mol. The summed E-state index contributed by atoms with van der Waals surface area (Å²) < 4.78 is 0. The molecule has 1 aromatic heterocycles. The van der Waals surface area contributed by atoms with Gasteiger partial charge in [-0.1, -0.05) is 25.8 Å². The standard InChI is InChI=1S/C19H26N4O/c1-5-6-7-8-20-18-12-17(21-15(4)22-18)19(24)23-16-10-13(2)9-14(3)11-16/h9-12H,5-8H2,1-4H3,(H,23,24)(H,20,21,22). The summed E-state index contributed by atoms with van der Waals surface area (Å²) in [6.07, 6.45) is 3.44. The number of anilines is 2.